The summed E-state index contributed by atoms with van der Waals surface area (Å²) in [6.45, 7) is 9.33. The fourth-order valence-corrected chi connectivity index (χ4v) is 9.00. The third-order valence-electron chi connectivity index (χ3n) is 7.05. The molecule has 1 aliphatic rings. The van der Waals surface area contributed by atoms with Crippen molar-refractivity contribution in [1.82, 2.24) is 5.32 Å². The Kier molecular flexibility index (Phi) is 10.8. The maximum absolute atomic E-state index is 14.2. The van der Waals surface area contributed by atoms with Crippen molar-refractivity contribution in [3.8, 4) is 22.3 Å². The first-order valence-electron chi connectivity index (χ1n) is 14.9. The third-order valence-corrected chi connectivity index (χ3v) is 11.9. The van der Waals surface area contributed by atoms with Crippen LogP contribution < -0.4 is 5.32 Å². The zero-order chi connectivity index (χ0) is 33.8. The lowest BCUT2D eigenvalue weighted by molar-refractivity contribution is -0.617. The maximum Gasteiger partial charge on any atom is 0.440 e. The number of hydrogen-bond acceptors (Lipinski definition) is 8. The first-order valence-corrected chi connectivity index (χ1v) is 19.2. The lowest BCUT2D eigenvalue weighted by Gasteiger charge is -2.19. The number of ether oxygens (including phenoxy) is 1. The largest absolute Gasteiger partial charge is 0.444 e. The molecule has 7 nitrogen and oxygen atoms in total. The molecular formula is C36H37N2O5S4+. The molecule has 1 atom stereocenters. The van der Waals surface area contributed by atoms with Gasteiger partial charge in [-0.25, -0.2) is 4.79 Å². The van der Waals surface area contributed by atoms with Crippen LogP contribution in [-0.2, 0) is 19.0 Å². The van der Waals surface area contributed by atoms with Crippen LogP contribution in [0.5, 0.6) is 0 Å². The van der Waals surface area contributed by atoms with E-state index in [4.69, 9.17) is 9.02 Å². The molecule has 0 aliphatic carbocycles. The van der Waals surface area contributed by atoms with Gasteiger partial charge in [-0.05, 0) is 93.0 Å². The molecule has 0 aromatic heterocycles. The zero-order valence-electron chi connectivity index (χ0n) is 27.0. The van der Waals surface area contributed by atoms with Gasteiger partial charge < -0.3 is 4.74 Å². The van der Waals surface area contributed by atoms with Gasteiger partial charge in [-0.3, -0.25) is 5.32 Å². The molecule has 1 heterocycles. The first kappa shape index (κ1) is 34.7. The van der Waals surface area contributed by atoms with Gasteiger partial charge in [0.2, 0.25) is 0 Å². The molecule has 47 heavy (non-hydrogen) atoms. The van der Waals surface area contributed by atoms with Crippen LogP contribution in [0.25, 0.3) is 22.3 Å². The van der Waals surface area contributed by atoms with Gasteiger partial charge in [0, 0.05) is 6.08 Å². The third kappa shape index (κ3) is 8.45. The fraction of sp³-hybridized carbons (Fsp3) is 0.222. The number of sulfonamides is 1. The van der Waals surface area contributed by atoms with E-state index in [1.165, 1.54) is 29.1 Å². The van der Waals surface area contributed by atoms with Crippen molar-refractivity contribution >= 4 is 57.4 Å². The molecule has 1 amide bonds. The van der Waals surface area contributed by atoms with Crippen LogP contribution in [0.2, 0.25) is 0 Å². The second-order valence-electron chi connectivity index (χ2n) is 11.8. The van der Waals surface area contributed by atoms with Gasteiger partial charge in [0.25, 0.3) is 5.71 Å². The Balaban J connectivity index is 1.52. The predicted octanol–water partition coefficient (Wildman–Crippen LogP) is 9.22. The summed E-state index contributed by atoms with van der Waals surface area (Å²) in [6, 6.07) is 31.0. The molecule has 11 heteroatoms. The number of carbonyl (C=O) groups is 1. The minimum atomic E-state index is -4.17. The molecule has 4 aromatic carbocycles. The topological polar surface area (TPSA) is 84.7 Å². The number of benzene rings is 4. The second-order valence-corrected chi connectivity index (χ2v) is 16.8. The Morgan fingerprint density at radius 3 is 2.19 bits per heavy atom. The standard InChI is InChI=1S/C36H36N2O5S4/c1-24-18-20-28(21-19-24)47(40,41)38(32-23-33(45-34(32)44-6)37-35(39)42-36(3,4)5)43-46-27-14-11-13-26(22-27)30-16-9-10-17-31(30)29-15-8-7-12-25(29)2/h7-23,34H,1-6H3/p+1. The van der Waals surface area contributed by atoms with Crippen molar-refractivity contribution in [2.45, 2.75) is 54.6 Å². The van der Waals surface area contributed by atoms with Crippen LogP contribution >= 0.6 is 35.6 Å². The van der Waals surface area contributed by atoms with E-state index in [0.717, 1.165) is 44.0 Å². The van der Waals surface area contributed by atoms with E-state index < -0.39 is 21.7 Å². The minimum absolute atomic E-state index is 0.0870. The molecule has 1 N–H and O–H groups in total. The van der Waals surface area contributed by atoms with Crippen LogP contribution in [0.4, 0.5) is 4.79 Å². The van der Waals surface area contributed by atoms with Crippen LogP contribution in [0.15, 0.2) is 118 Å². The van der Waals surface area contributed by atoms with Crippen LogP contribution in [0.1, 0.15) is 31.9 Å². The quantitative estimate of drug-likeness (QED) is 0.105. The van der Waals surface area contributed by atoms with Crippen LogP contribution in [-0.4, -0.2) is 40.8 Å². The van der Waals surface area contributed by atoms with Gasteiger partial charge in [-0.2, -0.15) is 12.7 Å². The Morgan fingerprint density at radius 1 is 0.872 bits per heavy atom. The lowest BCUT2D eigenvalue weighted by Crippen LogP contribution is -2.31. The predicted molar refractivity (Wildman–Crippen MR) is 195 cm³/mol. The molecular weight excluding hydrogens is 669 g/mol. The van der Waals surface area contributed by atoms with Crippen molar-refractivity contribution in [2.75, 3.05) is 6.26 Å². The van der Waals surface area contributed by atoms with E-state index in [1.54, 1.807) is 51.1 Å². The number of allylic oxidation sites excluding steroid dienone is 1. The number of alkyl carbamates (subject to hydrolysis) is 1. The highest BCUT2D eigenvalue weighted by molar-refractivity contribution is 8.20. The summed E-state index contributed by atoms with van der Waals surface area (Å²) in [6.07, 6.45) is 2.88. The van der Waals surface area contributed by atoms with Crippen molar-refractivity contribution in [2.24, 2.45) is 0 Å². The van der Waals surface area contributed by atoms with Gasteiger partial charge in [-0.1, -0.05) is 90.1 Å². The lowest BCUT2D eigenvalue weighted by atomic mass is 9.92. The molecule has 244 valence electrons. The molecule has 5 rings (SSSR count). The highest BCUT2D eigenvalue weighted by Gasteiger charge is 2.42. The molecule has 1 aliphatic heterocycles. The normalized spacial score (nSPS) is 16.0. The molecule has 1 unspecified atom stereocenters. The smallest absolute Gasteiger partial charge is 0.440 e. The molecule has 0 radical (unpaired) electrons. The fourth-order valence-electron chi connectivity index (χ4n) is 4.85. The first-order chi connectivity index (χ1) is 22.4. The van der Waals surface area contributed by atoms with E-state index in [9.17, 15) is 13.2 Å². The Labute approximate surface area is 290 Å². The maximum atomic E-state index is 14.2. The number of rotatable bonds is 9. The van der Waals surface area contributed by atoms with E-state index in [1.807, 2.05) is 61.7 Å². The van der Waals surface area contributed by atoms with Crippen molar-refractivity contribution < 1.29 is 26.4 Å². The molecule has 4 aromatic rings. The number of thioether (sulfide) groups is 2. The van der Waals surface area contributed by atoms with Gasteiger partial charge in [0.05, 0.1) is 9.92 Å². The van der Waals surface area contributed by atoms with Crippen LogP contribution in [0, 0.1) is 13.8 Å². The summed E-state index contributed by atoms with van der Waals surface area (Å²) in [5.41, 5.74) is 6.07. The number of amides is 1. The van der Waals surface area contributed by atoms with E-state index in [-0.39, 0.29) is 9.48 Å². The average molecular weight is 706 g/mol. The van der Waals surface area contributed by atoms with Crippen molar-refractivity contribution in [3.63, 3.8) is 0 Å². The van der Waals surface area contributed by atoms with E-state index in [0.29, 0.717) is 15.6 Å². The van der Waals surface area contributed by atoms with Crippen molar-refractivity contribution in [1.29, 1.82) is 0 Å². The number of carbonyl (C=O) groups excluding carboxylic acids is 1. The zero-order valence-corrected chi connectivity index (χ0v) is 30.3. The van der Waals surface area contributed by atoms with Gasteiger partial charge in [-0.15, -0.1) is 11.8 Å². The second kappa shape index (κ2) is 14.6. The highest BCUT2D eigenvalue weighted by atomic mass is 32.2. The Hall–Kier alpha value is -3.64. The Morgan fingerprint density at radius 2 is 1.53 bits per heavy atom. The molecule has 0 fully saturated rings. The highest BCUT2D eigenvalue weighted by Crippen LogP contribution is 2.38. The monoisotopic (exact) mass is 705 g/mol. The summed E-state index contributed by atoms with van der Waals surface area (Å²) in [4.78, 5) is 13.4. The summed E-state index contributed by atoms with van der Waals surface area (Å²) in [5, 5.41) is 3.21. The van der Waals surface area contributed by atoms with E-state index >= 15 is 0 Å². The number of nitrogens with zero attached hydrogens (tertiary/aromatic N) is 1. The summed E-state index contributed by atoms with van der Waals surface area (Å²) in [5.74, 6) is 0. The van der Waals surface area contributed by atoms with Gasteiger partial charge in [0.15, 0.2) is 12.0 Å². The molecule has 0 spiro atoms. The van der Waals surface area contributed by atoms with Gasteiger partial charge >= 0.3 is 16.1 Å². The number of nitrogens with one attached hydrogen (secondary N) is 1. The summed E-state index contributed by atoms with van der Waals surface area (Å²) < 4.78 is 40.5. The molecule has 0 bridgehead atoms. The molecule has 0 saturated carbocycles. The number of aryl methyl sites for hydroxylation is 2. The summed E-state index contributed by atoms with van der Waals surface area (Å²) >= 11 is 3.71. The van der Waals surface area contributed by atoms with E-state index in [2.05, 4.69) is 36.5 Å². The minimum Gasteiger partial charge on any atom is -0.444 e. The Bertz CT molecular complexity index is 1950. The molecule has 0 saturated heterocycles. The summed E-state index contributed by atoms with van der Waals surface area (Å²) in [7, 11) is -4.17. The van der Waals surface area contributed by atoms with Crippen LogP contribution in [0.3, 0.4) is 0 Å². The van der Waals surface area contributed by atoms with Crippen molar-refractivity contribution in [3.05, 3.63) is 119 Å². The SMILES string of the molecule is CSC1SC(NC(=O)OC(C)(C)C)=CC1=[N+](OSc1cccc(-c2ccccc2-c2ccccc2C)c1)S(=O)(=O)c1ccc(C)cc1. The average Bonchev–Trinajstić information content (AvgIpc) is 3.42. The van der Waals surface area contributed by atoms with Gasteiger partial charge in [0.1, 0.15) is 19.2 Å². The number of hydrogen-bond donors (Lipinski definition) is 1.